The number of carbonyl (C=O) groups excluding carboxylic acids is 1. The summed E-state index contributed by atoms with van der Waals surface area (Å²) in [6.07, 6.45) is 1.18. The first kappa shape index (κ1) is 19.0. The molecule has 0 unspecified atom stereocenters. The Hall–Kier alpha value is -2.34. The highest BCUT2D eigenvalue weighted by atomic mass is 16.3. The number of furan rings is 1. The van der Waals surface area contributed by atoms with Crippen LogP contribution in [0.5, 0.6) is 0 Å². The maximum atomic E-state index is 13.0. The number of guanidine groups is 1. The zero-order chi connectivity index (χ0) is 18.9. The van der Waals surface area contributed by atoms with Gasteiger partial charge in [-0.2, -0.15) is 0 Å². The number of hydrogen-bond acceptors (Lipinski definition) is 4. The quantitative estimate of drug-likeness (QED) is 0.278. The third-order valence-corrected chi connectivity index (χ3v) is 5.08. The van der Waals surface area contributed by atoms with Crippen molar-refractivity contribution < 1.29 is 9.21 Å². The number of hydrogen-bond donors (Lipinski definition) is 4. The second-order valence-electron chi connectivity index (χ2n) is 6.69. The van der Waals surface area contributed by atoms with E-state index in [1.54, 1.807) is 0 Å². The summed E-state index contributed by atoms with van der Waals surface area (Å²) in [6, 6.07) is -0.608. The second kappa shape index (κ2) is 7.27. The molecular formula is C19H28N4O2. The molecule has 0 aliphatic rings. The zero-order valence-electron chi connectivity index (χ0n) is 15.7. The van der Waals surface area contributed by atoms with Crippen molar-refractivity contribution >= 4 is 22.7 Å². The van der Waals surface area contributed by atoms with E-state index in [0.717, 1.165) is 33.4 Å². The van der Waals surface area contributed by atoms with Gasteiger partial charge in [-0.15, -0.1) is 0 Å². The number of fused-ring (bicyclic) bond motifs is 1. The molecule has 0 spiro atoms. The van der Waals surface area contributed by atoms with E-state index in [9.17, 15) is 4.79 Å². The van der Waals surface area contributed by atoms with Crippen LogP contribution in [0.15, 0.2) is 4.42 Å². The normalized spacial score (nSPS) is 12.4. The van der Waals surface area contributed by atoms with Gasteiger partial charge in [0.2, 0.25) is 0 Å². The highest BCUT2D eigenvalue weighted by Crippen LogP contribution is 2.35. The van der Waals surface area contributed by atoms with E-state index < -0.39 is 6.04 Å². The maximum Gasteiger partial charge on any atom is 0.185 e. The van der Waals surface area contributed by atoms with Crippen molar-refractivity contribution in [3.8, 4) is 0 Å². The third-order valence-electron chi connectivity index (χ3n) is 5.08. The van der Waals surface area contributed by atoms with Crippen LogP contribution < -0.4 is 16.8 Å². The van der Waals surface area contributed by atoms with Crippen LogP contribution in [0.1, 0.15) is 51.2 Å². The van der Waals surface area contributed by atoms with E-state index in [2.05, 4.69) is 12.2 Å². The molecule has 2 aromatic rings. The minimum Gasteiger partial charge on any atom is -0.460 e. The van der Waals surface area contributed by atoms with Gasteiger partial charge in [0, 0.05) is 11.9 Å². The van der Waals surface area contributed by atoms with Crippen LogP contribution >= 0.6 is 0 Å². The topological polar surface area (TPSA) is 118 Å². The molecule has 0 fully saturated rings. The first-order chi connectivity index (χ1) is 11.7. The summed E-state index contributed by atoms with van der Waals surface area (Å²) in [6.45, 7) is 10.5. The molecule has 0 radical (unpaired) electrons. The minimum absolute atomic E-state index is 0.0758. The number of aryl methyl sites for hydroxylation is 3. The lowest BCUT2D eigenvalue weighted by Crippen LogP contribution is -2.34. The van der Waals surface area contributed by atoms with Gasteiger partial charge < -0.3 is 21.2 Å². The Labute approximate surface area is 148 Å². The Morgan fingerprint density at radius 2 is 1.76 bits per heavy atom. The zero-order valence-corrected chi connectivity index (χ0v) is 15.7. The number of benzene rings is 1. The van der Waals surface area contributed by atoms with Gasteiger partial charge >= 0.3 is 0 Å². The predicted octanol–water partition coefficient (Wildman–Crippen LogP) is 2.75. The highest BCUT2D eigenvalue weighted by molar-refractivity contribution is 6.11. The van der Waals surface area contributed by atoms with E-state index in [1.807, 2.05) is 27.7 Å². The van der Waals surface area contributed by atoms with Crippen molar-refractivity contribution in [2.24, 2.45) is 11.5 Å². The second-order valence-corrected chi connectivity index (χ2v) is 6.69. The summed E-state index contributed by atoms with van der Waals surface area (Å²) in [5.74, 6) is 0.659. The van der Waals surface area contributed by atoms with E-state index in [0.29, 0.717) is 30.5 Å². The molecule has 0 saturated carbocycles. The average molecular weight is 344 g/mol. The SMILES string of the molecule is Cc1oc2c(C(=O)[C@@H](N)CCCNC(=N)N)c(C)c(C)c(C)c2c1C. The van der Waals surface area contributed by atoms with E-state index in [1.165, 1.54) is 0 Å². The number of nitrogens with two attached hydrogens (primary N) is 2. The summed E-state index contributed by atoms with van der Waals surface area (Å²) in [5, 5.41) is 10.9. The van der Waals surface area contributed by atoms with Gasteiger partial charge in [-0.1, -0.05) is 0 Å². The first-order valence-electron chi connectivity index (χ1n) is 8.53. The van der Waals surface area contributed by atoms with Crippen molar-refractivity contribution in [3.63, 3.8) is 0 Å². The lowest BCUT2D eigenvalue weighted by Gasteiger charge is -2.16. The van der Waals surface area contributed by atoms with Gasteiger partial charge in [0.25, 0.3) is 0 Å². The van der Waals surface area contributed by atoms with Gasteiger partial charge in [-0.25, -0.2) is 0 Å². The molecule has 25 heavy (non-hydrogen) atoms. The van der Waals surface area contributed by atoms with Crippen molar-refractivity contribution in [1.82, 2.24) is 5.32 Å². The van der Waals surface area contributed by atoms with Crippen molar-refractivity contribution in [1.29, 1.82) is 5.41 Å². The Bertz CT molecular complexity index is 836. The molecule has 1 atom stereocenters. The lowest BCUT2D eigenvalue weighted by molar-refractivity contribution is 0.0956. The van der Waals surface area contributed by atoms with Crippen molar-refractivity contribution in [3.05, 3.63) is 33.6 Å². The molecule has 1 aromatic heterocycles. The number of carbonyl (C=O) groups is 1. The molecule has 136 valence electrons. The van der Waals surface area contributed by atoms with Crippen molar-refractivity contribution in [2.75, 3.05) is 6.54 Å². The minimum atomic E-state index is -0.608. The van der Waals surface area contributed by atoms with Crippen LogP contribution in [0.25, 0.3) is 11.0 Å². The standard InChI is InChI=1S/C19H28N4O2/c1-9-10(2)15-12(4)13(5)25-18(15)16(11(9)3)17(24)14(20)7-6-8-23-19(21)22/h14H,6-8,20H2,1-5H3,(H4,21,22,23)/t14-/m0/s1. The molecule has 1 heterocycles. The fourth-order valence-corrected chi connectivity index (χ4v) is 3.24. The Balaban J connectivity index is 2.38. The molecular weight excluding hydrogens is 316 g/mol. The number of rotatable bonds is 6. The number of nitrogens with one attached hydrogen (secondary N) is 2. The van der Waals surface area contributed by atoms with Gasteiger partial charge in [0.1, 0.15) is 11.3 Å². The van der Waals surface area contributed by atoms with Gasteiger partial charge in [-0.3, -0.25) is 10.2 Å². The van der Waals surface area contributed by atoms with Gasteiger partial charge in [0.05, 0.1) is 11.6 Å². The molecule has 0 saturated heterocycles. The third kappa shape index (κ3) is 3.54. The van der Waals surface area contributed by atoms with Crippen LogP contribution in [0.3, 0.4) is 0 Å². The van der Waals surface area contributed by atoms with E-state index >= 15 is 0 Å². The van der Waals surface area contributed by atoms with Crippen molar-refractivity contribution in [2.45, 2.75) is 53.5 Å². The molecule has 6 N–H and O–H groups in total. The predicted molar refractivity (Wildman–Crippen MR) is 101 cm³/mol. The average Bonchev–Trinajstić information content (AvgIpc) is 2.84. The van der Waals surface area contributed by atoms with Gasteiger partial charge in [0.15, 0.2) is 11.7 Å². The Morgan fingerprint density at radius 3 is 2.36 bits per heavy atom. The highest BCUT2D eigenvalue weighted by Gasteiger charge is 2.26. The lowest BCUT2D eigenvalue weighted by atomic mass is 9.89. The van der Waals surface area contributed by atoms with Crippen LogP contribution in [-0.4, -0.2) is 24.3 Å². The number of Topliss-reactive ketones (excluding diaryl/α,β-unsaturated/α-hetero) is 1. The summed E-state index contributed by atoms with van der Waals surface area (Å²) in [4.78, 5) is 13.0. The Kier molecular flexibility index (Phi) is 5.52. The molecule has 6 heteroatoms. The molecule has 1 aromatic carbocycles. The summed E-state index contributed by atoms with van der Waals surface area (Å²) >= 11 is 0. The number of ketones is 1. The first-order valence-corrected chi connectivity index (χ1v) is 8.53. The van der Waals surface area contributed by atoms with Crippen LogP contribution in [0.4, 0.5) is 0 Å². The molecule has 0 amide bonds. The smallest absolute Gasteiger partial charge is 0.185 e. The summed E-state index contributed by atoms with van der Waals surface area (Å²) in [7, 11) is 0. The molecule has 0 aliphatic carbocycles. The Morgan fingerprint density at radius 1 is 1.12 bits per heavy atom. The van der Waals surface area contributed by atoms with Crippen LogP contribution in [-0.2, 0) is 0 Å². The molecule has 0 bridgehead atoms. The molecule has 6 nitrogen and oxygen atoms in total. The van der Waals surface area contributed by atoms with E-state index in [4.69, 9.17) is 21.3 Å². The van der Waals surface area contributed by atoms with E-state index in [-0.39, 0.29) is 11.7 Å². The monoisotopic (exact) mass is 344 g/mol. The summed E-state index contributed by atoms with van der Waals surface area (Å²) < 4.78 is 5.94. The maximum absolute atomic E-state index is 13.0. The molecule has 0 aliphatic heterocycles. The fraction of sp³-hybridized carbons (Fsp3) is 0.474. The van der Waals surface area contributed by atoms with Crippen LogP contribution in [0, 0.1) is 40.0 Å². The largest absolute Gasteiger partial charge is 0.460 e. The summed E-state index contributed by atoms with van der Waals surface area (Å²) in [5.41, 5.74) is 16.9. The van der Waals surface area contributed by atoms with Crippen LogP contribution in [0.2, 0.25) is 0 Å². The van der Waals surface area contributed by atoms with Gasteiger partial charge in [-0.05, 0) is 69.7 Å². The fourth-order valence-electron chi connectivity index (χ4n) is 3.24. The molecule has 2 rings (SSSR count).